The van der Waals surface area contributed by atoms with Crippen LogP contribution in [0.2, 0.25) is 0 Å². The zero-order valence-corrected chi connectivity index (χ0v) is 13.1. The van der Waals surface area contributed by atoms with E-state index in [4.69, 9.17) is 10.2 Å². The summed E-state index contributed by atoms with van der Waals surface area (Å²) in [5.74, 6) is -2.13. The second-order valence-corrected chi connectivity index (χ2v) is 5.96. The highest BCUT2D eigenvalue weighted by molar-refractivity contribution is 5.77. The van der Waals surface area contributed by atoms with Crippen molar-refractivity contribution in [3.63, 3.8) is 0 Å². The molecule has 2 N–H and O–H groups in total. The van der Waals surface area contributed by atoms with Gasteiger partial charge < -0.3 is 10.2 Å². The van der Waals surface area contributed by atoms with E-state index in [2.05, 4.69) is 26.8 Å². The standard InChI is InChI=1S/C16H28O4/c1-5-6-11(2)7-12(3)8-13(4)9-14(16(19)20)10-15(17)18/h7,11,13-14H,5-6,8-10H2,1-4H3,(H,17,18)(H,19,20)/b12-7+/i15+1,16+1. The molecule has 0 radical (unpaired) electrons. The van der Waals surface area contributed by atoms with E-state index in [0.29, 0.717) is 12.3 Å². The molecule has 0 aromatic rings. The molecule has 0 rings (SSSR count). The van der Waals surface area contributed by atoms with Gasteiger partial charge in [0.25, 0.3) is 0 Å². The summed E-state index contributed by atoms with van der Waals surface area (Å²) < 4.78 is 0. The summed E-state index contributed by atoms with van der Waals surface area (Å²) in [6.07, 6.45) is 5.50. The number of carbonyl (C=O) groups is 2. The predicted molar refractivity (Wildman–Crippen MR) is 79.6 cm³/mol. The molecule has 3 atom stereocenters. The number of hydrogen-bond acceptors (Lipinski definition) is 2. The molecule has 0 heterocycles. The fraction of sp³-hybridized carbons (Fsp3) is 0.750. The maximum Gasteiger partial charge on any atom is 0.307 e. The Labute approximate surface area is 121 Å². The van der Waals surface area contributed by atoms with Gasteiger partial charge in [-0.1, -0.05) is 38.8 Å². The molecular formula is C16H28O4. The number of rotatable bonds is 10. The molecule has 4 nitrogen and oxygen atoms in total. The van der Waals surface area contributed by atoms with Gasteiger partial charge in [-0.05, 0) is 38.0 Å². The monoisotopic (exact) mass is 286 g/mol. The van der Waals surface area contributed by atoms with Crippen molar-refractivity contribution in [1.29, 1.82) is 0 Å². The van der Waals surface area contributed by atoms with Crippen molar-refractivity contribution in [2.75, 3.05) is 0 Å². The second kappa shape index (κ2) is 9.56. The Morgan fingerprint density at radius 1 is 1.15 bits per heavy atom. The molecule has 4 heteroatoms. The van der Waals surface area contributed by atoms with Crippen LogP contribution < -0.4 is 0 Å². The highest BCUT2D eigenvalue weighted by Gasteiger charge is 2.23. The van der Waals surface area contributed by atoms with E-state index in [1.165, 1.54) is 5.57 Å². The average Bonchev–Trinajstić information content (AvgIpc) is 2.26. The Balaban J connectivity index is 4.41. The first kappa shape index (κ1) is 18.7. The summed E-state index contributed by atoms with van der Waals surface area (Å²) in [7, 11) is 0. The number of aliphatic carboxylic acids is 2. The Kier molecular flexibility index (Phi) is 8.93. The Morgan fingerprint density at radius 2 is 1.75 bits per heavy atom. The van der Waals surface area contributed by atoms with Gasteiger partial charge in [-0.2, -0.15) is 0 Å². The van der Waals surface area contributed by atoms with Crippen LogP contribution in [-0.4, -0.2) is 22.2 Å². The summed E-state index contributed by atoms with van der Waals surface area (Å²) in [6.45, 7) is 8.39. The number of allylic oxidation sites excluding steroid dienone is 2. The van der Waals surface area contributed by atoms with Crippen LogP contribution in [0.3, 0.4) is 0 Å². The summed E-state index contributed by atoms with van der Waals surface area (Å²) in [5, 5.41) is 17.8. The first-order valence-corrected chi connectivity index (χ1v) is 7.38. The van der Waals surface area contributed by atoms with Crippen LogP contribution in [0.15, 0.2) is 11.6 Å². The van der Waals surface area contributed by atoms with Crippen molar-refractivity contribution in [3.8, 4) is 0 Å². The van der Waals surface area contributed by atoms with Crippen molar-refractivity contribution in [3.05, 3.63) is 11.6 Å². The van der Waals surface area contributed by atoms with Crippen LogP contribution in [-0.2, 0) is 9.59 Å². The Hall–Kier alpha value is -1.32. The lowest BCUT2D eigenvalue weighted by molar-refractivity contribution is -0.148. The molecule has 3 unspecified atom stereocenters. The molecule has 0 amide bonds. The minimum absolute atomic E-state index is 0.181. The van der Waals surface area contributed by atoms with Crippen molar-refractivity contribution in [2.24, 2.45) is 17.8 Å². The lowest BCUT2D eigenvalue weighted by atomic mass is 9.91. The molecule has 0 aliphatic carbocycles. The molecule has 0 aliphatic rings. The molecule has 116 valence electrons. The molecule has 0 bridgehead atoms. The maximum absolute atomic E-state index is 11.0. The van der Waals surface area contributed by atoms with Gasteiger partial charge in [0, 0.05) is 0 Å². The Morgan fingerprint density at radius 3 is 2.20 bits per heavy atom. The number of carboxylic acid groups (broad SMARTS) is 2. The van der Waals surface area contributed by atoms with E-state index in [9.17, 15) is 9.59 Å². The molecule has 0 aliphatic heterocycles. The molecule has 0 spiro atoms. The first-order chi connectivity index (χ1) is 9.26. The van der Waals surface area contributed by atoms with Gasteiger partial charge in [-0.25, -0.2) is 0 Å². The lowest BCUT2D eigenvalue weighted by Crippen LogP contribution is -2.20. The van der Waals surface area contributed by atoms with Crippen LogP contribution in [0.5, 0.6) is 0 Å². The maximum atomic E-state index is 11.0. The van der Waals surface area contributed by atoms with Crippen molar-refractivity contribution in [1.82, 2.24) is 0 Å². The SMILES string of the molecule is CCCC(C)/C=C(\C)CC(C)CC(C[13C](=O)O)[13C](=O)O. The van der Waals surface area contributed by atoms with Gasteiger partial charge in [-0.3, -0.25) is 9.59 Å². The van der Waals surface area contributed by atoms with E-state index < -0.39 is 17.9 Å². The number of hydrogen-bond donors (Lipinski definition) is 2. The van der Waals surface area contributed by atoms with Crippen molar-refractivity contribution >= 4 is 11.9 Å². The van der Waals surface area contributed by atoms with Crippen LogP contribution >= 0.6 is 0 Å². The quantitative estimate of drug-likeness (QED) is 0.471. The van der Waals surface area contributed by atoms with Crippen LogP contribution in [0.25, 0.3) is 0 Å². The third-order valence-electron chi connectivity index (χ3n) is 3.44. The summed E-state index contributed by atoms with van der Waals surface area (Å²) in [5.41, 5.74) is 1.26. The molecule has 0 saturated heterocycles. The molecular weight excluding hydrogens is 258 g/mol. The number of carboxylic acids is 2. The fourth-order valence-corrected chi connectivity index (χ4v) is 2.69. The second-order valence-electron chi connectivity index (χ2n) is 5.96. The zero-order valence-electron chi connectivity index (χ0n) is 13.1. The van der Waals surface area contributed by atoms with Gasteiger partial charge in [0.15, 0.2) is 0 Å². The highest BCUT2D eigenvalue weighted by atomic mass is 16.5. The zero-order chi connectivity index (χ0) is 15.7. The summed E-state index contributed by atoms with van der Waals surface area (Å²) in [4.78, 5) is 21.7. The van der Waals surface area contributed by atoms with E-state index in [1.807, 2.05) is 6.92 Å². The summed E-state index contributed by atoms with van der Waals surface area (Å²) >= 11 is 0. The van der Waals surface area contributed by atoms with Crippen LogP contribution in [0.1, 0.15) is 59.8 Å². The molecule has 0 aromatic heterocycles. The summed E-state index contributed by atoms with van der Waals surface area (Å²) in [6, 6.07) is 0. The van der Waals surface area contributed by atoms with Crippen molar-refractivity contribution < 1.29 is 19.8 Å². The minimum atomic E-state index is -1.05. The molecule has 0 fully saturated rings. The van der Waals surface area contributed by atoms with Gasteiger partial charge in [-0.15, -0.1) is 0 Å². The largest absolute Gasteiger partial charge is 0.481 e. The highest BCUT2D eigenvalue weighted by Crippen LogP contribution is 2.23. The van der Waals surface area contributed by atoms with Crippen LogP contribution in [0, 0.1) is 17.8 Å². The smallest absolute Gasteiger partial charge is 0.307 e. The van der Waals surface area contributed by atoms with Crippen LogP contribution in [0.4, 0.5) is 0 Å². The Bertz CT molecular complexity index is 346. The van der Waals surface area contributed by atoms with E-state index >= 15 is 0 Å². The fourth-order valence-electron chi connectivity index (χ4n) is 2.69. The first-order valence-electron chi connectivity index (χ1n) is 7.38. The third kappa shape index (κ3) is 8.73. The molecule has 20 heavy (non-hydrogen) atoms. The lowest BCUT2D eigenvalue weighted by Gasteiger charge is -2.17. The van der Waals surface area contributed by atoms with Gasteiger partial charge in [0.2, 0.25) is 0 Å². The van der Waals surface area contributed by atoms with E-state index in [-0.39, 0.29) is 12.3 Å². The normalized spacial score (nSPS) is 16.5. The average molecular weight is 286 g/mol. The third-order valence-corrected chi connectivity index (χ3v) is 3.44. The molecule has 0 saturated carbocycles. The van der Waals surface area contributed by atoms with E-state index in [0.717, 1.165) is 19.3 Å². The van der Waals surface area contributed by atoms with Crippen molar-refractivity contribution in [2.45, 2.75) is 59.8 Å². The topological polar surface area (TPSA) is 74.6 Å². The predicted octanol–water partition coefficient (Wildman–Crippen LogP) is 3.96. The van der Waals surface area contributed by atoms with E-state index in [1.54, 1.807) is 0 Å². The van der Waals surface area contributed by atoms with Gasteiger partial charge >= 0.3 is 11.9 Å². The van der Waals surface area contributed by atoms with Gasteiger partial charge in [0.1, 0.15) is 0 Å². The molecule has 0 aromatic carbocycles. The minimum Gasteiger partial charge on any atom is -0.481 e. The van der Waals surface area contributed by atoms with Gasteiger partial charge in [0.05, 0.1) is 12.3 Å².